The molecule has 0 fully saturated rings. The van der Waals surface area contributed by atoms with E-state index in [1.54, 1.807) is 25.3 Å². The van der Waals surface area contributed by atoms with E-state index in [9.17, 15) is 9.59 Å². The van der Waals surface area contributed by atoms with Crippen molar-refractivity contribution in [2.24, 2.45) is 0 Å². The van der Waals surface area contributed by atoms with Gasteiger partial charge >= 0.3 is 6.09 Å². The molecule has 2 atom stereocenters. The SMILES string of the molecule is COc1ccc([C@H]2Sc3ccccc3NC(=O)[C@@H]2NC(=O)O)cc1. The Kier molecular flexibility index (Phi) is 4.61. The first-order valence-corrected chi connectivity index (χ1v) is 8.16. The molecule has 0 bridgehead atoms. The zero-order valence-electron chi connectivity index (χ0n) is 12.9. The topological polar surface area (TPSA) is 87.7 Å². The van der Waals surface area contributed by atoms with Crippen LogP contribution in [0.5, 0.6) is 5.75 Å². The standard InChI is InChI=1S/C17H16N2O4S/c1-23-11-8-6-10(7-9-11)15-14(19-17(21)22)16(20)18-12-4-2-3-5-13(12)24-15/h2-9,14-15,19H,1H3,(H,18,20)(H,21,22)/t14-,15-/m1/s1. The van der Waals surface area contributed by atoms with Crippen LogP contribution in [0.3, 0.4) is 0 Å². The number of hydrogen-bond acceptors (Lipinski definition) is 4. The van der Waals surface area contributed by atoms with E-state index >= 15 is 0 Å². The molecule has 0 saturated heterocycles. The number of thioether (sulfide) groups is 1. The summed E-state index contributed by atoms with van der Waals surface area (Å²) in [5.41, 5.74) is 1.52. The van der Waals surface area contributed by atoms with E-state index in [-0.39, 0.29) is 5.91 Å². The maximum absolute atomic E-state index is 12.5. The summed E-state index contributed by atoms with van der Waals surface area (Å²) >= 11 is 1.45. The van der Waals surface area contributed by atoms with Crippen molar-refractivity contribution in [2.75, 3.05) is 12.4 Å². The molecule has 0 saturated carbocycles. The molecule has 0 aliphatic carbocycles. The van der Waals surface area contributed by atoms with Crippen LogP contribution in [0.1, 0.15) is 10.8 Å². The van der Waals surface area contributed by atoms with E-state index < -0.39 is 17.4 Å². The minimum atomic E-state index is -1.24. The fraction of sp³-hybridized carbons (Fsp3) is 0.176. The zero-order chi connectivity index (χ0) is 17.1. The highest BCUT2D eigenvalue weighted by Gasteiger charge is 2.35. The van der Waals surface area contributed by atoms with Crippen LogP contribution in [0.2, 0.25) is 0 Å². The van der Waals surface area contributed by atoms with Crippen molar-refractivity contribution in [3.05, 3.63) is 54.1 Å². The molecule has 124 valence electrons. The number of carbonyl (C=O) groups excluding carboxylic acids is 1. The first kappa shape index (κ1) is 16.2. The molecule has 2 aromatic rings. The number of ether oxygens (including phenoxy) is 1. The van der Waals surface area contributed by atoms with Gasteiger partial charge in [0.1, 0.15) is 11.8 Å². The highest BCUT2D eigenvalue weighted by molar-refractivity contribution is 7.99. The molecule has 24 heavy (non-hydrogen) atoms. The van der Waals surface area contributed by atoms with Crippen LogP contribution in [-0.4, -0.2) is 30.3 Å². The number of nitrogens with one attached hydrogen (secondary N) is 2. The van der Waals surface area contributed by atoms with Gasteiger partial charge in [-0.15, -0.1) is 11.8 Å². The summed E-state index contributed by atoms with van der Waals surface area (Å²) in [6.07, 6.45) is -1.24. The van der Waals surface area contributed by atoms with Crippen molar-refractivity contribution in [2.45, 2.75) is 16.2 Å². The number of carbonyl (C=O) groups is 2. The third kappa shape index (κ3) is 3.30. The minimum absolute atomic E-state index is 0.379. The lowest BCUT2D eigenvalue weighted by Crippen LogP contribution is -2.45. The Hall–Kier alpha value is -2.67. The summed E-state index contributed by atoms with van der Waals surface area (Å²) in [7, 11) is 1.58. The van der Waals surface area contributed by atoms with Gasteiger partial charge in [0.05, 0.1) is 18.0 Å². The minimum Gasteiger partial charge on any atom is -0.497 e. The summed E-state index contributed by atoms with van der Waals surface area (Å²) in [5, 5.41) is 13.9. The van der Waals surface area contributed by atoms with Crippen molar-refractivity contribution >= 4 is 29.4 Å². The van der Waals surface area contributed by atoms with Gasteiger partial charge in [0.2, 0.25) is 5.91 Å². The van der Waals surface area contributed by atoms with Crippen LogP contribution >= 0.6 is 11.8 Å². The molecule has 1 aliphatic heterocycles. The zero-order valence-corrected chi connectivity index (χ0v) is 13.7. The number of methoxy groups -OCH3 is 1. The fourth-order valence-corrected chi connectivity index (χ4v) is 3.85. The first-order valence-electron chi connectivity index (χ1n) is 7.28. The predicted octanol–water partition coefficient (Wildman–Crippen LogP) is 3.12. The summed E-state index contributed by atoms with van der Waals surface area (Å²) < 4.78 is 5.15. The van der Waals surface area contributed by atoms with Crippen molar-refractivity contribution in [1.29, 1.82) is 0 Å². The number of carboxylic acid groups (broad SMARTS) is 1. The maximum Gasteiger partial charge on any atom is 0.405 e. The molecule has 2 amide bonds. The summed E-state index contributed by atoms with van der Waals surface area (Å²) in [6.45, 7) is 0. The van der Waals surface area contributed by atoms with Gasteiger partial charge in [0.25, 0.3) is 0 Å². The molecular weight excluding hydrogens is 328 g/mol. The van der Waals surface area contributed by atoms with Crippen LogP contribution in [0, 0.1) is 0 Å². The van der Waals surface area contributed by atoms with Gasteiger partial charge in [-0.3, -0.25) is 4.79 Å². The van der Waals surface area contributed by atoms with Gasteiger partial charge in [-0.05, 0) is 29.8 Å². The Morgan fingerprint density at radius 3 is 2.58 bits per heavy atom. The van der Waals surface area contributed by atoms with E-state index in [1.165, 1.54) is 11.8 Å². The largest absolute Gasteiger partial charge is 0.497 e. The van der Waals surface area contributed by atoms with E-state index in [4.69, 9.17) is 9.84 Å². The van der Waals surface area contributed by atoms with Crippen molar-refractivity contribution in [3.63, 3.8) is 0 Å². The predicted molar refractivity (Wildman–Crippen MR) is 91.6 cm³/mol. The molecule has 3 N–H and O–H groups in total. The third-order valence-electron chi connectivity index (χ3n) is 3.71. The molecule has 7 heteroatoms. The molecule has 1 heterocycles. The second-order valence-electron chi connectivity index (χ2n) is 5.22. The van der Waals surface area contributed by atoms with Crippen LogP contribution < -0.4 is 15.4 Å². The van der Waals surface area contributed by atoms with Crippen molar-refractivity contribution in [3.8, 4) is 5.75 Å². The molecule has 2 aromatic carbocycles. The highest BCUT2D eigenvalue weighted by atomic mass is 32.2. The Bertz CT molecular complexity index is 763. The monoisotopic (exact) mass is 344 g/mol. The quantitative estimate of drug-likeness (QED) is 0.796. The Morgan fingerprint density at radius 1 is 1.21 bits per heavy atom. The van der Waals surface area contributed by atoms with Crippen LogP contribution in [-0.2, 0) is 4.79 Å². The highest BCUT2D eigenvalue weighted by Crippen LogP contribution is 2.43. The van der Waals surface area contributed by atoms with Crippen LogP contribution in [0.25, 0.3) is 0 Å². The number of hydrogen-bond donors (Lipinski definition) is 3. The Balaban J connectivity index is 2.02. The lowest BCUT2D eigenvalue weighted by atomic mass is 10.0. The third-order valence-corrected chi connectivity index (χ3v) is 5.12. The number of anilines is 1. The van der Waals surface area contributed by atoms with Crippen molar-refractivity contribution < 1.29 is 19.4 Å². The maximum atomic E-state index is 12.5. The Morgan fingerprint density at radius 2 is 1.92 bits per heavy atom. The number of fused-ring (bicyclic) bond motifs is 1. The van der Waals surface area contributed by atoms with Gasteiger partial charge in [0.15, 0.2) is 0 Å². The summed E-state index contributed by atoms with van der Waals surface area (Å²) in [4.78, 5) is 24.6. The second-order valence-corrected chi connectivity index (χ2v) is 6.41. The summed E-state index contributed by atoms with van der Waals surface area (Å²) in [6, 6.07) is 13.8. The van der Waals surface area contributed by atoms with Crippen molar-refractivity contribution in [1.82, 2.24) is 5.32 Å². The number of amides is 2. The van der Waals surface area contributed by atoms with Crippen LogP contribution in [0.15, 0.2) is 53.4 Å². The lowest BCUT2D eigenvalue weighted by Gasteiger charge is -2.23. The average molecular weight is 344 g/mol. The molecule has 0 radical (unpaired) electrons. The molecule has 6 nitrogen and oxygen atoms in total. The van der Waals surface area contributed by atoms with Gasteiger partial charge < -0.3 is 20.5 Å². The van der Waals surface area contributed by atoms with E-state index in [1.807, 2.05) is 30.3 Å². The van der Waals surface area contributed by atoms with Gasteiger partial charge in [-0.1, -0.05) is 24.3 Å². The molecular formula is C17H16N2O4S. The summed E-state index contributed by atoms with van der Waals surface area (Å²) in [5.74, 6) is 0.320. The van der Waals surface area contributed by atoms with E-state index in [0.717, 1.165) is 10.5 Å². The molecule has 0 aromatic heterocycles. The molecule has 1 aliphatic rings. The molecule has 0 spiro atoms. The average Bonchev–Trinajstić information content (AvgIpc) is 2.72. The van der Waals surface area contributed by atoms with Crippen LogP contribution in [0.4, 0.5) is 10.5 Å². The number of benzene rings is 2. The normalized spacial score (nSPS) is 19.6. The second kappa shape index (κ2) is 6.84. The fourth-order valence-electron chi connectivity index (χ4n) is 2.55. The Labute approximate surface area is 143 Å². The first-order chi connectivity index (χ1) is 11.6. The van der Waals surface area contributed by atoms with E-state index in [2.05, 4.69) is 10.6 Å². The van der Waals surface area contributed by atoms with Gasteiger partial charge in [-0.25, -0.2) is 4.79 Å². The smallest absolute Gasteiger partial charge is 0.405 e. The molecule has 0 unspecified atom stereocenters. The molecule has 3 rings (SSSR count). The lowest BCUT2D eigenvalue weighted by molar-refractivity contribution is -0.118. The van der Waals surface area contributed by atoms with E-state index in [0.29, 0.717) is 11.4 Å². The number of para-hydroxylation sites is 1. The van der Waals surface area contributed by atoms with Gasteiger partial charge in [-0.2, -0.15) is 0 Å². The van der Waals surface area contributed by atoms with Gasteiger partial charge in [0, 0.05) is 4.90 Å². The number of rotatable bonds is 3.